The number of halogens is 1. The fraction of sp³-hybridized carbons (Fsp3) is 0.818. The van der Waals surface area contributed by atoms with Crippen molar-refractivity contribution in [3.63, 3.8) is 0 Å². The Bertz CT molecular complexity index is 488. The predicted molar refractivity (Wildman–Crippen MR) is 105 cm³/mol. The van der Waals surface area contributed by atoms with Gasteiger partial charge in [-0.2, -0.15) is 0 Å². The van der Waals surface area contributed by atoms with Crippen LogP contribution < -0.4 is 0 Å². The maximum atomic E-state index is 3.62. The predicted octanol–water partition coefficient (Wildman–Crippen LogP) is 7.34. The highest BCUT2D eigenvalue weighted by molar-refractivity contribution is 9.11. The Labute approximate surface area is 153 Å². The third-order valence-corrected chi connectivity index (χ3v) is 7.83. The maximum Gasteiger partial charge on any atom is 0.0281 e. The van der Waals surface area contributed by atoms with Gasteiger partial charge in [0.25, 0.3) is 0 Å². The van der Waals surface area contributed by atoms with E-state index in [1.807, 2.05) is 0 Å². The molecule has 2 fully saturated rings. The van der Waals surface area contributed by atoms with Gasteiger partial charge in [-0.15, -0.1) is 5.92 Å². The molecule has 2 rings (SSSR count). The second-order valence-corrected chi connectivity index (χ2v) is 8.99. The summed E-state index contributed by atoms with van der Waals surface area (Å²) in [7, 11) is 0. The van der Waals surface area contributed by atoms with Gasteiger partial charge in [0, 0.05) is 11.8 Å². The summed E-state index contributed by atoms with van der Waals surface area (Å²) < 4.78 is 0. The van der Waals surface area contributed by atoms with Crippen LogP contribution >= 0.6 is 15.9 Å². The van der Waals surface area contributed by atoms with Crippen molar-refractivity contribution in [1.82, 2.24) is 0 Å². The van der Waals surface area contributed by atoms with Crippen molar-refractivity contribution < 1.29 is 0 Å². The first-order valence-corrected chi connectivity index (χ1v) is 10.6. The number of allylic oxidation sites excluding steroid dienone is 1. The molecule has 0 N–H and O–H groups in total. The third kappa shape index (κ3) is 3.89. The van der Waals surface area contributed by atoms with Gasteiger partial charge in [0.05, 0.1) is 0 Å². The molecule has 0 aromatic heterocycles. The fourth-order valence-electron chi connectivity index (χ4n) is 5.14. The van der Waals surface area contributed by atoms with E-state index in [1.54, 1.807) is 5.57 Å². The Morgan fingerprint density at radius 3 is 2.65 bits per heavy atom. The van der Waals surface area contributed by atoms with Crippen LogP contribution in [-0.2, 0) is 0 Å². The van der Waals surface area contributed by atoms with Crippen LogP contribution in [0.3, 0.4) is 0 Å². The highest BCUT2D eigenvalue weighted by Gasteiger charge is 2.50. The van der Waals surface area contributed by atoms with E-state index in [2.05, 4.69) is 67.4 Å². The van der Waals surface area contributed by atoms with Crippen molar-refractivity contribution in [3.8, 4) is 11.8 Å². The Morgan fingerprint density at radius 2 is 2.04 bits per heavy atom. The van der Waals surface area contributed by atoms with Crippen molar-refractivity contribution in [1.29, 1.82) is 0 Å². The zero-order valence-corrected chi connectivity index (χ0v) is 17.4. The normalized spacial score (nSPS) is 33.9. The molecule has 0 aromatic carbocycles. The van der Waals surface area contributed by atoms with E-state index >= 15 is 0 Å². The summed E-state index contributed by atoms with van der Waals surface area (Å²) in [6, 6.07) is 0. The first kappa shape index (κ1) is 19.1. The largest absolute Gasteiger partial charge is 0.102 e. The lowest BCUT2D eigenvalue weighted by atomic mass is 9.61. The van der Waals surface area contributed by atoms with Crippen LogP contribution in [-0.4, -0.2) is 0 Å². The Kier molecular flexibility index (Phi) is 6.46. The Hall–Kier alpha value is -0.220. The van der Waals surface area contributed by atoms with Crippen LogP contribution in [0.25, 0.3) is 0 Å². The van der Waals surface area contributed by atoms with E-state index in [0.29, 0.717) is 5.41 Å². The zero-order chi connectivity index (χ0) is 17.1. The topological polar surface area (TPSA) is 0 Å². The molecule has 2 aliphatic rings. The standard InChI is InChI=1S/C22H35Br/c1-6-21(4,7-2)14-8-10-17(3)19-12-13-20-18(16-23)11-9-15-22(19,20)5/h16-17,19-20H,6-7,9-13,15H2,1-5H3/b18-16+/t17-,19-,20+,22-/m1/s1. The molecule has 0 radical (unpaired) electrons. The smallest absolute Gasteiger partial charge is 0.0281 e. The van der Waals surface area contributed by atoms with Gasteiger partial charge in [0.1, 0.15) is 0 Å². The lowest BCUT2D eigenvalue weighted by Gasteiger charge is -2.44. The average Bonchev–Trinajstić information content (AvgIpc) is 2.91. The molecule has 130 valence electrons. The van der Waals surface area contributed by atoms with Crippen LogP contribution in [0.5, 0.6) is 0 Å². The van der Waals surface area contributed by atoms with Gasteiger partial charge in [-0.05, 0) is 80.0 Å². The van der Waals surface area contributed by atoms with Crippen LogP contribution in [0.4, 0.5) is 0 Å². The third-order valence-electron chi connectivity index (χ3n) is 7.24. The van der Waals surface area contributed by atoms with Gasteiger partial charge in [-0.25, -0.2) is 0 Å². The minimum atomic E-state index is 0.221. The van der Waals surface area contributed by atoms with Crippen molar-refractivity contribution in [2.75, 3.05) is 0 Å². The van der Waals surface area contributed by atoms with E-state index in [4.69, 9.17) is 0 Å². The minimum Gasteiger partial charge on any atom is -0.102 e. The molecule has 0 aliphatic heterocycles. The van der Waals surface area contributed by atoms with Crippen LogP contribution in [0.1, 0.15) is 86.0 Å². The van der Waals surface area contributed by atoms with Crippen LogP contribution in [0.2, 0.25) is 0 Å². The monoisotopic (exact) mass is 378 g/mol. The molecule has 0 nitrogen and oxygen atoms in total. The van der Waals surface area contributed by atoms with Crippen molar-refractivity contribution in [2.45, 2.75) is 86.0 Å². The molecule has 0 bridgehead atoms. The molecular formula is C22H35Br. The SMILES string of the molecule is CCC(C)(C#CC[C@@H](C)[C@H]1CC[C@H]2/C(=C/Br)CCC[C@]12C)CC. The van der Waals surface area contributed by atoms with Gasteiger partial charge in [-0.3, -0.25) is 0 Å². The number of hydrogen-bond donors (Lipinski definition) is 0. The second-order valence-electron chi connectivity index (χ2n) is 8.53. The number of hydrogen-bond acceptors (Lipinski definition) is 0. The van der Waals surface area contributed by atoms with Gasteiger partial charge in [-0.1, -0.05) is 55.1 Å². The van der Waals surface area contributed by atoms with E-state index in [1.165, 1.54) is 32.1 Å². The summed E-state index contributed by atoms with van der Waals surface area (Å²) in [5.41, 5.74) is 2.40. The van der Waals surface area contributed by atoms with Gasteiger partial charge in [0.15, 0.2) is 0 Å². The molecular weight excluding hydrogens is 344 g/mol. The summed E-state index contributed by atoms with van der Waals surface area (Å²) >= 11 is 3.62. The number of fused-ring (bicyclic) bond motifs is 1. The first-order chi connectivity index (χ1) is 10.9. The zero-order valence-electron chi connectivity index (χ0n) is 15.8. The summed E-state index contributed by atoms with van der Waals surface area (Å²) in [6.07, 6.45) is 10.3. The summed E-state index contributed by atoms with van der Waals surface area (Å²) in [5, 5.41) is 0. The fourth-order valence-corrected chi connectivity index (χ4v) is 5.69. The molecule has 0 heterocycles. The number of rotatable bonds is 4. The van der Waals surface area contributed by atoms with Crippen molar-refractivity contribution in [2.24, 2.45) is 28.6 Å². The minimum absolute atomic E-state index is 0.221. The van der Waals surface area contributed by atoms with E-state index < -0.39 is 0 Å². The molecule has 4 atom stereocenters. The van der Waals surface area contributed by atoms with Crippen molar-refractivity contribution in [3.05, 3.63) is 10.6 Å². The molecule has 23 heavy (non-hydrogen) atoms. The molecule has 1 heteroatoms. The molecule has 2 saturated carbocycles. The van der Waals surface area contributed by atoms with Crippen LogP contribution in [0.15, 0.2) is 10.6 Å². The van der Waals surface area contributed by atoms with E-state index in [9.17, 15) is 0 Å². The molecule has 0 unspecified atom stereocenters. The molecule has 0 amide bonds. The van der Waals surface area contributed by atoms with Crippen LogP contribution in [0, 0.1) is 40.4 Å². The summed E-state index contributed by atoms with van der Waals surface area (Å²) in [4.78, 5) is 2.23. The molecule has 2 aliphatic carbocycles. The average molecular weight is 379 g/mol. The summed E-state index contributed by atoms with van der Waals surface area (Å²) in [5.74, 6) is 9.54. The quantitative estimate of drug-likeness (QED) is 0.448. The highest BCUT2D eigenvalue weighted by atomic mass is 79.9. The molecule has 0 spiro atoms. The van der Waals surface area contributed by atoms with E-state index in [0.717, 1.165) is 37.0 Å². The molecule has 0 aromatic rings. The first-order valence-electron chi connectivity index (χ1n) is 9.69. The molecule has 0 saturated heterocycles. The lowest BCUT2D eigenvalue weighted by Crippen LogP contribution is -2.35. The van der Waals surface area contributed by atoms with E-state index in [-0.39, 0.29) is 5.41 Å². The second kappa shape index (κ2) is 7.77. The Balaban J connectivity index is 2.06. The summed E-state index contributed by atoms with van der Waals surface area (Å²) in [6.45, 7) is 11.9. The highest BCUT2D eigenvalue weighted by Crippen LogP contribution is 2.59. The maximum absolute atomic E-state index is 3.62. The Morgan fingerprint density at radius 1 is 1.35 bits per heavy atom. The van der Waals surface area contributed by atoms with Gasteiger partial charge < -0.3 is 0 Å². The van der Waals surface area contributed by atoms with Gasteiger partial charge in [0.2, 0.25) is 0 Å². The van der Waals surface area contributed by atoms with Crippen molar-refractivity contribution >= 4 is 15.9 Å². The van der Waals surface area contributed by atoms with Gasteiger partial charge >= 0.3 is 0 Å². The lowest BCUT2D eigenvalue weighted by molar-refractivity contribution is 0.0994.